The zero-order valence-corrected chi connectivity index (χ0v) is 12.5. The summed E-state index contributed by atoms with van der Waals surface area (Å²) < 4.78 is 11.7. The van der Waals surface area contributed by atoms with Crippen molar-refractivity contribution in [2.75, 3.05) is 0 Å². The fraction of sp³-hybridized carbons (Fsp3) is 0.333. The second kappa shape index (κ2) is 6.47. The molecule has 1 amide bonds. The molecule has 3 rings (SSSR count). The van der Waals surface area contributed by atoms with Crippen LogP contribution in [0.15, 0.2) is 36.5 Å². The Morgan fingerprint density at radius 2 is 2.17 bits per heavy atom. The van der Waals surface area contributed by atoms with Gasteiger partial charge in [-0.1, -0.05) is 35.5 Å². The number of carbonyl (C=O) groups excluding carboxylic acids is 2. The Labute approximate surface area is 132 Å². The van der Waals surface area contributed by atoms with Gasteiger partial charge in [-0.2, -0.15) is 0 Å². The molecule has 8 nitrogen and oxygen atoms in total. The van der Waals surface area contributed by atoms with Crippen LogP contribution in [-0.2, 0) is 22.6 Å². The molecule has 120 valence electrons. The number of nitrogens with zero attached hydrogens (tertiary/aromatic N) is 3. The van der Waals surface area contributed by atoms with Crippen LogP contribution in [0.5, 0.6) is 0 Å². The van der Waals surface area contributed by atoms with Gasteiger partial charge in [0.1, 0.15) is 12.7 Å². The number of rotatable bonds is 5. The van der Waals surface area contributed by atoms with Gasteiger partial charge in [0.05, 0.1) is 18.8 Å². The maximum Gasteiger partial charge on any atom is 0.407 e. The molecule has 1 fully saturated rings. The topological polar surface area (TPSA) is 95.3 Å². The molecule has 1 aromatic carbocycles. The summed E-state index contributed by atoms with van der Waals surface area (Å²) in [6.45, 7) is 2.33. The molecule has 1 saturated heterocycles. The van der Waals surface area contributed by atoms with Crippen molar-refractivity contribution in [1.82, 2.24) is 20.3 Å². The summed E-state index contributed by atoms with van der Waals surface area (Å²) in [6, 6.07) is 9.17. The third-order valence-corrected chi connectivity index (χ3v) is 3.51. The Morgan fingerprint density at radius 1 is 1.39 bits per heavy atom. The molecule has 1 aromatic heterocycles. The van der Waals surface area contributed by atoms with E-state index in [1.54, 1.807) is 6.92 Å². The van der Waals surface area contributed by atoms with Crippen LogP contribution in [0.2, 0.25) is 0 Å². The predicted octanol–water partition coefficient (Wildman–Crippen LogP) is 1.13. The van der Waals surface area contributed by atoms with E-state index in [2.05, 4.69) is 15.6 Å². The third-order valence-electron chi connectivity index (χ3n) is 3.51. The summed E-state index contributed by atoms with van der Waals surface area (Å²) in [5, 5.41) is 10.3. The minimum absolute atomic E-state index is 0.124. The number of amides is 1. The monoisotopic (exact) mass is 316 g/mol. The van der Waals surface area contributed by atoms with Crippen LogP contribution in [0.1, 0.15) is 23.0 Å². The van der Waals surface area contributed by atoms with Crippen LogP contribution < -0.4 is 5.32 Å². The predicted molar refractivity (Wildman–Crippen MR) is 78.5 cm³/mol. The van der Waals surface area contributed by atoms with E-state index in [0.717, 1.165) is 5.56 Å². The standard InChI is InChI=1S/C15H16N4O4/c1-10-12(16-15(21)23-10)7-19-8-13(17-18-19)14(20)22-9-11-5-3-2-4-6-11/h2-6,8,10,12H,7,9H2,1H3,(H,16,21)/t10-,12-/m1/s1. The van der Waals surface area contributed by atoms with Crippen LogP contribution in [-0.4, -0.2) is 39.2 Å². The highest BCUT2D eigenvalue weighted by Crippen LogP contribution is 2.10. The number of hydrogen-bond donors (Lipinski definition) is 1. The van der Waals surface area contributed by atoms with Crippen molar-refractivity contribution in [1.29, 1.82) is 0 Å². The average molecular weight is 316 g/mol. The normalized spacial score (nSPS) is 20.0. The maximum atomic E-state index is 12.0. The summed E-state index contributed by atoms with van der Waals surface area (Å²) in [5.41, 5.74) is 1.02. The molecule has 8 heteroatoms. The summed E-state index contributed by atoms with van der Waals surface area (Å²) in [4.78, 5) is 23.1. The number of nitrogens with one attached hydrogen (secondary N) is 1. The van der Waals surface area contributed by atoms with E-state index < -0.39 is 12.1 Å². The number of esters is 1. The molecule has 2 aromatic rings. The molecule has 23 heavy (non-hydrogen) atoms. The first-order valence-corrected chi connectivity index (χ1v) is 7.20. The highest BCUT2D eigenvalue weighted by molar-refractivity contribution is 5.86. The van der Waals surface area contributed by atoms with Gasteiger partial charge in [-0.15, -0.1) is 5.10 Å². The molecule has 0 saturated carbocycles. The largest absolute Gasteiger partial charge is 0.456 e. The van der Waals surface area contributed by atoms with Crippen LogP contribution in [0.3, 0.4) is 0 Å². The molecular formula is C15H16N4O4. The summed E-state index contributed by atoms with van der Waals surface area (Å²) >= 11 is 0. The Morgan fingerprint density at radius 3 is 2.87 bits per heavy atom. The molecule has 0 spiro atoms. The third kappa shape index (κ3) is 3.65. The fourth-order valence-electron chi connectivity index (χ4n) is 2.23. The van der Waals surface area contributed by atoms with Crippen molar-refractivity contribution in [3.63, 3.8) is 0 Å². The van der Waals surface area contributed by atoms with Crippen molar-refractivity contribution in [3.05, 3.63) is 47.8 Å². The second-order valence-electron chi connectivity index (χ2n) is 5.25. The second-order valence-corrected chi connectivity index (χ2v) is 5.25. The molecule has 0 bridgehead atoms. The number of aromatic nitrogens is 3. The van der Waals surface area contributed by atoms with E-state index >= 15 is 0 Å². The van der Waals surface area contributed by atoms with Crippen LogP contribution in [0.25, 0.3) is 0 Å². The van der Waals surface area contributed by atoms with Gasteiger partial charge in [0.15, 0.2) is 5.69 Å². The maximum absolute atomic E-state index is 12.0. The van der Waals surface area contributed by atoms with Gasteiger partial charge in [-0.25, -0.2) is 14.3 Å². The Bertz CT molecular complexity index is 701. The SMILES string of the molecule is C[C@H]1OC(=O)N[C@@H]1Cn1cc(C(=O)OCc2ccccc2)nn1. The highest BCUT2D eigenvalue weighted by atomic mass is 16.6. The molecule has 1 aliphatic heterocycles. The smallest absolute Gasteiger partial charge is 0.407 e. The van der Waals surface area contributed by atoms with E-state index in [4.69, 9.17) is 9.47 Å². The van der Waals surface area contributed by atoms with E-state index in [9.17, 15) is 9.59 Å². The van der Waals surface area contributed by atoms with Crippen molar-refractivity contribution in [3.8, 4) is 0 Å². The van der Waals surface area contributed by atoms with Crippen molar-refractivity contribution >= 4 is 12.1 Å². The van der Waals surface area contributed by atoms with E-state index in [1.807, 2.05) is 30.3 Å². The van der Waals surface area contributed by atoms with Crippen LogP contribution in [0, 0.1) is 0 Å². The van der Waals surface area contributed by atoms with E-state index in [-0.39, 0.29) is 24.4 Å². The number of benzene rings is 1. The summed E-state index contributed by atoms with van der Waals surface area (Å²) in [7, 11) is 0. The first-order valence-electron chi connectivity index (χ1n) is 7.20. The Hall–Kier alpha value is -2.90. The summed E-state index contributed by atoms with van der Waals surface area (Å²) in [5.74, 6) is -0.542. The number of cyclic esters (lactones) is 1. The molecule has 0 radical (unpaired) electrons. The van der Waals surface area contributed by atoms with Gasteiger partial charge in [0.2, 0.25) is 0 Å². The number of carbonyl (C=O) groups is 2. The number of ether oxygens (including phenoxy) is 2. The van der Waals surface area contributed by atoms with Gasteiger partial charge < -0.3 is 14.8 Å². The highest BCUT2D eigenvalue weighted by Gasteiger charge is 2.31. The number of alkyl carbamates (subject to hydrolysis) is 1. The first kappa shape index (κ1) is 15.0. The lowest BCUT2D eigenvalue weighted by atomic mass is 10.2. The first-order chi connectivity index (χ1) is 11.1. The minimum Gasteiger partial charge on any atom is -0.456 e. The molecule has 2 atom stereocenters. The Balaban J connectivity index is 1.56. The average Bonchev–Trinajstić information content (AvgIpc) is 3.13. The fourth-order valence-corrected chi connectivity index (χ4v) is 2.23. The van der Waals surface area contributed by atoms with E-state index in [1.165, 1.54) is 10.9 Å². The van der Waals surface area contributed by atoms with Gasteiger partial charge >= 0.3 is 12.1 Å². The molecule has 0 aliphatic carbocycles. The quantitative estimate of drug-likeness (QED) is 0.831. The lowest BCUT2D eigenvalue weighted by Gasteiger charge is -2.11. The van der Waals surface area contributed by atoms with Crippen molar-refractivity contribution in [2.45, 2.75) is 32.2 Å². The minimum atomic E-state index is -0.542. The lowest BCUT2D eigenvalue weighted by Crippen LogP contribution is -2.34. The zero-order valence-electron chi connectivity index (χ0n) is 12.5. The van der Waals surface area contributed by atoms with Crippen molar-refractivity contribution in [2.24, 2.45) is 0 Å². The van der Waals surface area contributed by atoms with Gasteiger partial charge in [-0.05, 0) is 12.5 Å². The molecule has 1 N–H and O–H groups in total. The van der Waals surface area contributed by atoms with Gasteiger partial charge in [0.25, 0.3) is 0 Å². The van der Waals surface area contributed by atoms with Crippen molar-refractivity contribution < 1.29 is 19.1 Å². The number of hydrogen-bond acceptors (Lipinski definition) is 6. The van der Waals surface area contributed by atoms with Gasteiger partial charge in [-0.3, -0.25) is 0 Å². The molecular weight excluding hydrogens is 300 g/mol. The van der Waals surface area contributed by atoms with Crippen LogP contribution in [0.4, 0.5) is 4.79 Å². The molecule has 2 heterocycles. The van der Waals surface area contributed by atoms with Gasteiger partial charge in [0, 0.05) is 0 Å². The zero-order chi connectivity index (χ0) is 16.2. The molecule has 1 aliphatic rings. The summed E-state index contributed by atoms with van der Waals surface area (Å²) in [6.07, 6.45) is 0.773. The van der Waals surface area contributed by atoms with E-state index in [0.29, 0.717) is 6.54 Å². The molecule has 0 unspecified atom stereocenters. The van der Waals surface area contributed by atoms with Crippen LogP contribution >= 0.6 is 0 Å². The Kier molecular flexibility index (Phi) is 4.22. The lowest BCUT2D eigenvalue weighted by molar-refractivity contribution is 0.0465.